The Bertz CT molecular complexity index is 869. The van der Waals surface area contributed by atoms with Gasteiger partial charge in [-0.3, -0.25) is 14.5 Å². The van der Waals surface area contributed by atoms with Crippen LogP contribution in [0, 0.1) is 6.92 Å². The number of benzene rings is 1. The van der Waals surface area contributed by atoms with Crippen LogP contribution >= 0.6 is 0 Å². The van der Waals surface area contributed by atoms with Gasteiger partial charge in [0.15, 0.2) is 0 Å². The van der Waals surface area contributed by atoms with E-state index in [1.165, 1.54) is 0 Å². The number of anilines is 1. The molecule has 0 unspecified atom stereocenters. The third-order valence-corrected chi connectivity index (χ3v) is 5.73. The molecule has 2 fully saturated rings. The molecular weight excluding hydrogens is 340 g/mol. The minimum atomic E-state index is -0.219. The molecule has 0 aliphatic carbocycles. The van der Waals surface area contributed by atoms with E-state index in [0.717, 1.165) is 17.8 Å². The summed E-state index contributed by atoms with van der Waals surface area (Å²) < 4.78 is 0. The number of likely N-dealkylation sites (tertiary alicyclic amines) is 1. The minimum Gasteiger partial charge on any atom is -0.335 e. The van der Waals surface area contributed by atoms with Gasteiger partial charge in [-0.15, -0.1) is 0 Å². The molecule has 4 rings (SSSR count). The molecule has 3 heterocycles. The van der Waals surface area contributed by atoms with E-state index in [9.17, 15) is 9.59 Å². The third kappa shape index (κ3) is 3.21. The van der Waals surface area contributed by atoms with Crippen LogP contribution in [0.5, 0.6) is 0 Å². The van der Waals surface area contributed by atoms with E-state index < -0.39 is 0 Å². The Balaban J connectivity index is 1.56. The van der Waals surface area contributed by atoms with Gasteiger partial charge in [0.1, 0.15) is 5.69 Å². The lowest BCUT2D eigenvalue weighted by Gasteiger charge is -2.46. The fourth-order valence-corrected chi connectivity index (χ4v) is 4.10. The van der Waals surface area contributed by atoms with E-state index in [1.54, 1.807) is 6.07 Å². The van der Waals surface area contributed by atoms with Gasteiger partial charge in [0.2, 0.25) is 5.91 Å². The van der Waals surface area contributed by atoms with Crippen molar-refractivity contribution in [1.29, 1.82) is 0 Å². The molecule has 2 saturated heterocycles. The van der Waals surface area contributed by atoms with Crippen LogP contribution in [0.25, 0.3) is 0 Å². The first-order valence-corrected chi connectivity index (χ1v) is 9.28. The van der Waals surface area contributed by atoms with E-state index in [0.29, 0.717) is 31.9 Å². The number of amides is 2. The van der Waals surface area contributed by atoms with Gasteiger partial charge in [0, 0.05) is 31.0 Å². The Morgan fingerprint density at radius 1 is 1.07 bits per heavy atom. The molecule has 2 aromatic rings. The quantitative estimate of drug-likeness (QED) is 0.817. The molecule has 0 bridgehead atoms. The lowest BCUT2D eigenvalue weighted by molar-refractivity contribution is -0.123. The second kappa shape index (κ2) is 6.78. The highest BCUT2D eigenvalue weighted by Gasteiger charge is 2.48. The Labute approximate surface area is 159 Å². The summed E-state index contributed by atoms with van der Waals surface area (Å²) in [5.74, 6) is 0.0617. The molecule has 1 aromatic heterocycles. The fraction of sp³-hybridized carbons (Fsp3) is 0.381. The summed E-state index contributed by atoms with van der Waals surface area (Å²) in [7, 11) is 1.99. The lowest BCUT2D eigenvalue weighted by atomic mass is 9.92. The number of aryl methyl sites for hydroxylation is 1. The Morgan fingerprint density at radius 3 is 2.59 bits per heavy atom. The van der Waals surface area contributed by atoms with E-state index >= 15 is 0 Å². The normalized spacial score (nSPS) is 23.3. The number of nitrogens with zero attached hydrogens (tertiary/aromatic N) is 4. The average Bonchev–Trinajstić information content (AvgIpc) is 3.10. The largest absolute Gasteiger partial charge is 0.335 e. The maximum Gasteiger partial charge on any atom is 0.272 e. The molecular formula is C21H24N4O2. The monoisotopic (exact) mass is 364 g/mol. The van der Waals surface area contributed by atoms with E-state index in [2.05, 4.69) is 9.88 Å². The predicted molar refractivity (Wildman–Crippen MR) is 104 cm³/mol. The second-order valence-corrected chi connectivity index (χ2v) is 7.54. The van der Waals surface area contributed by atoms with Gasteiger partial charge in [-0.2, -0.15) is 0 Å². The number of pyridine rings is 1. The maximum absolute atomic E-state index is 12.9. The Kier molecular flexibility index (Phi) is 4.44. The summed E-state index contributed by atoms with van der Waals surface area (Å²) in [4.78, 5) is 35.7. The maximum atomic E-state index is 12.9. The summed E-state index contributed by atoms with van der Waals surface area (Å²) in [6, 6.07) is 15.3. The SMILES string of the molecule is Cc1cccc(C(=O)N2CC[C@@]3(C2)CN(c2ccccc2)C(=O)CN3C)n1. The highest BCUT2D eigenvalue weighted by atomic mass is 16.2. The molecule has 2 amide bonds. The van der Waals surface area contributed by atoms with Crippen molar-refractivity contribution in [2.24, 2.45) is 0 Å². The second-order valence-electron chi connectivity index (χ2n) is 7.54. The number of carbonyl (C=O) groups is 2. The standard InChI is InChI=1S/C21H24N4O2/c1-16-7-6-10-18(22-16)20(27)24-12-11-21(14-24)15-25(19(26)13-23(21)2)17-8-4-3-5-9-17/h3-10H,11-15H2,1-2H3/t21-/m1/s1. The van der Waals surface area contributed by atoms with Crippen LogP contribution in [0.15, 0.2) is 48.5 Å². The van der Waals surface area contributed by atoms with Gasteiger partial charge < -0.3 is 9.80 Å². The van der Waals surface area contributed by atoms with Crippen molar-refractivity contribution in [3.05, 3.63) is 59.9 Å². The first kappa shape index (κ1) is 17.7. The van der Waals surface area contributed by atoms with Crippen LogP contribution in [0.2, 0.25) is 0 Å². The lowest BCUT2D eigenvalue weighted by Crippen LogP contribution is -2.64. The molecule has 27 heavy (non-hydrogen) atoms. The van der Waals surface area contributed by atoms with Crippen molar-refractivity contribution in [2.45, 2.75) is 18.9 Å². The zero-order chi connectivity index (χ0) is 19.0. The van der Waals surface area contributed by atoms with Crippen molar-refractivity contribution in [1.82, 2.24) is 14.8 Å². The zero-order valence-electron chi connectivity index (χ0n) is 15.8. The van der Waals surface area contributed by atoms with Crippen molar-refractivity contribution in [2.75, 3.05) is 38.1 Å². The summed E-state index contributed by atoms with van der Waals surface area (Å²) in [5.41, 5.74) is 2.02. The van der Waals surface area contributed by atoms with Crippen molar-refractivity contribution < 1.29 is 9.59 Å². The summed E-state index contributed by atoms with van der Waals surface area (Å²) >= 11 is 0. The van der Waals surface area contributed by atoms with Gasteiger partial charge in [-0.05, 0) is 44.7 Å². The van der Waals surface area contributed by atoms with Gasteiger partial charge >= 0.3 is 0 Å². The third-order valence-electron chi connectivity index (χ3n) is 5.73. The van der Waals surface area contributed by atoms with Crippen LogP contribution in [-0.2, 0) is 4.79 Å². The molecule has 2 aliphatic rings. The molecule has 140 valence electrons. The summed E-state index contributed by atoms with van der Waals surface area (Å²) in [5, 5.41) is 0. The predicted octanol–water partition coefficient (Wildman–Crippen LogP) is 1.95. The molecule has 0 saturated carbocycles. The number of hydrogen-bond acceptors (Lipinski definition) is 4. The summed E-state index contributed by atoms with van der Waals surface area (Å²) in [6.45, 7) is 4.13. The van der Waals surface area contributed by atoms with Crippen molar-refractivity contribution in [3.8, 4) is 0 Å². The highest BCUT2D eigenvalue weighted by Crippen LogP contribution is 2.33. The Morgan fingerprint density at radius 2 is 1.85 bits per heavy atom. The van der Waals surface area contributed by atoms with Crippen molar-refractivity contribution in [3.63, 3.8) is 0 Å². The van der Waals surface area contributed by atoms with E-state index in [1.807, 2.05) is 66.2 Å². The molecule has 0 radical (unpaired) electrons. The van der Waals surface area contributed by atoms with Crippen LogP contribution in [0.4, 0.5) is 5.69 Å². The molecule has 1 aromatic carbocycles. The van der Waals surface area contributed by atoms with E-state index in [-0.39, 0.29) is 17.4 Å². The molecule has 6 heteroatoms. The average molecular weight is 364 g/mol. The molecule has 6 nitrogen and oxygen atoms in total. The minimum absolute atomic E-state index is 0.0351. The number of carbonyl (C=O) groups excluding carboxylic acids is 2. The van der Waals surface area contributed by atoms with Crippen LogP contribution < -0.4 is 4.90 Å². The topological polar surface area (TPSA) is 56.8 Å². The Hall–Kier alpha value is -2.73. The first-order valence-electron chi connectivity index (χ1n) is 9.28. The smallest absolute Gasteiger partial charge is 0.272 e. The van der Waals surface area contributed by atoms with Gasteiger partial charge in [-0.1, -0.05) is 24.3 Å². The van der Waals surface area contributed by atoms with Crippen LogP contribution in [0.3, 0.4) is 0 Å². The fourth-order valence-electron chi connectivity index (χ4n) is 4.10. The number of likely N-dealkylation sites (N-methyl/N-ethyl adjacent to an activating group) is 1. The first-order chi connectivity index (χ1) is 13.0. The number of rotatable bonds is 2. The zero-order valence-corrected chi connectivity index (χ0v) is 15.8. The van der Waals surface area contributed by atoms with E-state index in [4.69, 9.17) is 0 Å². The molecule has 2 aliphatic heterocycles. The number of aromatic nitrogens is 1. The summed E-state index contributed by atoms with van der Waals surface area (Å²) in [6.07, 6.45) is 0.845. The molecule has 1 atom stereocenters. The molecule has 0 N–H and O–H groups in total. The van der Waals surface area contributed by atoms with Crippen LogP contribution in [-0.4, -0.2) is 65.4 Å². The number of hydrogen-bond donors (Lipinski definition) is 0. The highest BCUT2D eigenvalue weighted by molar-refractivity contribution is 5.96. The van der Waals surface area contributed by atoms with Gasteiger partial charge in [0.05, 0.1) is 12.1 Å². The van der Waals surface area contributed by atoms with Crippen molar-refractivity contribution >= 4 is 17.5 Å². The van der Waals surface area contributed by atoms with Gasteiger partial charge in [-0.25, -0.2) is 4.98 Å². The number of piperazine rings is 1. The molecule has 1 spiro atoms. The number of para-hydroxylation sites is 1. The van der Waals surface area contributed by atoms with Gasteiger partial charge in [0.25, 0.3) is 5.91 Å². The van der Waals surface area contributed by atoms with Crippen LogP contribution in [0.1, 0.15) is 22.6 Å².